The predicted octanol–water partition coefficient (Wildman–Crippen LogP) is 2.95. The third-order valence-corrected chi connectivity index (χ3v) is 2.76. The van der Waals surface area contributed by atoms with Gasteiger partial charge < -0.3 is 5.41 Å². The maximum atomic E-state index is 7.86. The van der Waals surface area contributed by atoms with Gasteiger partial charge >= 0.3 is 0 Å². The zero-order chi connectivity index (χ0) is 10.7. The summed E-state index contributed by atoms with van der Waals surface area (Å²) in [6.07, 6.45) is 9.63. The number of nitrogens with zero attached hydrogens (tertiary/aromatic N) is 1. The molecule has 0 saturated carbocycles. The number of hydrogen-bond donors (Lipinski definition) is 1. The molecule has 0 radical (unpaired) electrons. The SMILES string of the molecule is CC(c1ccccn1)C1C=CC=CC1=N. The summed E-state index contributed by atoms with van der Waals surface area (Å²) in [4.78, 5) is 4.33. The van der Waals surface area contributed by atoms with Crippen LogP contribution in [0.25, 0.3) is 0 Å². The molecule has 15 heavy (non-hydrogen) atoms. The maximum absolute atomic E-state index is 7.86. The van der Waals surface area contributed by atoms with Gasteiger partial charge in [-0.15, -0.1) is 0 Å². The number of pyridine rings is 1. The fourth-order valence-corrected chi connectivity index (χ4v) is 1.82. The van der Waals surface area contributed by atoms with Gasteiger partial charge in [0.1, 0.15) is 0 Å². The molecule has 2 nitrogen and oxygen atoms in total. The molecule has 1 aliphatic carbocycles. The van der Waals surface area contributed by atoms with Crippen LogP contribution in [-0.2, 0) is 0 Å². The summed E-state index contributed by atoms with van der Waals surface area (Å²) in [5.41, 5.74) is 1.71. The van der Waals surface area contributed by atoms with E-state index in [1.54, 1.807) is 6.20 Å². The molecule has 1 aromatic heterocycles. The van der Waals surface area contributed by atoms with Gasteiger partial charge in [0.15, 0.2) is 0 Å². The van der Waals surface area contributed by atoms with Crippen molar-refractivity contribution in [2.45, 2.75) is 12.8 Å². The Balaban J connectivity index is 2.22. The first kappa shape index (κ1) is 9.84. The fourth-order valence-electron chi connectivity index (χ4n) is 1.82. The van der Waals surface area contributed by atoms with Gasteiger partial charge in [-0.3, -0.25) is 4.98 Å². The van der Waals surface area contributed by atoms with Gasteiger partial charge in [-0.2, -0.15) is 0 Å². The van der Waals surface area contributed by atoms with Crippen molar-refractivity contribution in [3.8, 4) is 0 Å². The van der Waals surface area contributed by atoms with Gasteiger partial charge in [-0.1, -0.05) is 31.2 Å². The van der Waals surface area contributed by atoms with Crippen molar-refractivity contribution in [3.63, 3.8) is 0 Å². The van der Waals surface area contributed by atoms with Crippen LogP contribution in [0.15, 0.2) is 48.7 Å². The molecule has 0 amide bonds. The summed E-state index contributed by atoms with van der Waals surface area (Å²) in [5.74, 6) is 0.421. The van der Waals surface area contributed by atoms with Gasteiger partial charge in [0.25, 0.3) is 0 Å². The lowest BCUT2D eigenvalue weighted by atomic mass is 9.84. The van der Waals surface area contributed by atoms with Crippen LogP contribution < -0.4 is 0 Å². The summed E-state index contributed by atoms with van der Waals surface area (Å²) in [7, 11) is 0. The highest BCUT2D eigenvalue weighted by Gasteiger charge is 2.21. The molecule has 0 aliphatic heterocycles. The van der Waals surface area contributed by atoms with Crippen LogP contribution in [0, 0.1) is 11.3 Å². The quantitative estimate of drug-likeness (QED) is 0.779. The summed E-state index contributed by atoms with van der Waals surface area (Å²) in [5, 5.41) is 7.86. The highest BCUT2D eigenvalue weighted by Crippen LogP contribution is 2.26. The zero-order valence-corrected chi connectivity index (χ0v) is 8.72. The van der Waals surface area contributed by atoms with Crippen LogP contribution in [0.2, 0.25) is 0 Å². The third kappa shape index (κ3) is 2.04. The first-order valence-corrected chi connectivity index (χ1v) is 5.13. The van der Waals surface area contributed by atoms with Gasteiger partial charge in [0.2, 0.25) is 0 Å². The minimum absolute atomic E-state index is 0.157. The summed E-state index contributed by atoms with van der Waals surface area (Å²) < 4.78 is 0. The summed E-state index contributed by atoms with van der Waals surface area (Å²) in [6.45, 7) is 2.12. The van der Waals surface area contributed by atoms with E-state index in [-0.39, 0.29) is 11.8 Å². The van der Waals surface area contributed by atoms with Gasteiger partial charge in [0.05, 0.1) is 0 Å². The lowest BCUT2D eigenvalue weighted by Crippen LogP contribution is -2.18. The molecular formula is C13H14N2. The van der Waals surface area contributed by atoms with E-state index in [1.165, 1.54) is 0 Å². The first-order chi connectivity index (χ1) is 7.29. The van der Waals surface area contributed by atoms with E-state index in [2.05, 4.69) is 18.0 Å². The van der Waals surface area contributed by atoms with Gasteiger partial charge in [-0.05, 0) is 18.2 Å². The van der Waals surface area contributed by atoms with E-state index >= 15 is 0 Å². The van der Waals surface area contributed by atoms with Crippen molar-refractivity contribution in [1.29, 1.82) is 5.41 Å². The second kappa shape index (κ2) is 4.22. The maximum Gasteiger partial charge on any atom is 0.0441 e. The van der Waals surface area contributed by atoms with E-state index in [0.29, 0.717) is 5.71 Å². The largest absolute Gasteiger partial charge is 0.305 e. The molecule has 1 N–H and O–H groups in total. The molecule has 2 heteroatoms. The fraction of sp³-hybridized carbons (Fsp3) is 0.231. The molecule has 2 unspecified atom stereocenters. The molecule has 2 rings (SSSR count). The lowest BCUT2D eigenvalue weighted by Gasteiger charge is -2.21. The Morgan fingerprint density at radius 3 is 2.87 bits per heavy atom. The molecule has 1 aromatic rings. The summed E-state index contributed by atoms with van der Waals surface area (Å²) in [6, 6.07) is 5.92. The van der Waals surface area contributed by atoms with Crippen molar-refractivity contribution >= 4 is 5.71 Å². The van der Waals surface area contributed by atoms with Crippen LogP contribution in [-0.4, -0.2) is 10.7 Å². The molecule has 0 fully saturated rings. The smallest absolute Gasteiger partial charge is 0.0441 e. The number of allylic oxidation sites excluding steroid dienone is 4. The van der Waals surface area contributed by atoms with Crippen LogP contribution in [0.3, 0.4) is 0 Å². The molecule has 0 bridgehead atoms. The van der Waals surface area contributed by atoms with Crippen LogP contribution in [0.5, 0.6) is 0 Å². The van der Waals surface area contributed by atoms with Crippen molar-refractivity contribution in [3.05, 3.63) is 54.4 Å². The van der Waals surface area contributed by atoms with E-state index in [4.69, 9.17) is 5.41 Å². The first-order valence-electron chi connectivity index (χ1n) is 5.13. The standard InChI is InChI=1S/C13H14N2/c1-10(13-8-4-5-9-15-13)11-6-2-3-7-12(11)14/h2-11,14H,1H3. The molecule has 0 saturated heterocycles. The van der Waals surface area contributed by atoms with Crippen molar-refractivity contribution in [2.24, 2.45) is 5.92 Å². The lowest BCUT2D eigenvalue weighted by molar-refractivity contribution is 0.655. The highest BCUT2D eigenvalue weighted by molar-refractivity contribution is 5.97. The number of nitrogens with one attached hydrogen (secondary N) is 1. The second-order valence-electron chi connectivity index (χ2n) is 3.77. The van der Waals surface area contributed by atoms with E-state index in [1.807, 2.05) is 36.4 Å². The van der Waals surface area contributed by atoms with Gasteiger partial charge in [-0.25, -0.2) is 0 Å². The van der Waals surface area contributed by atoms with E-state index < -0.39 is 0 Å². The molecule has 0 aromatic carbocycles. The van der Waals surface area contributed by atoms with Crippen molar-refractivity contribution < 1.29 is 0 Å². The molecular weight excluding hydrogens is 184 g/mol. The minimum atomic E-state index is 0.157. The highest BCUT2D eigenvalue weighted by atomic mass is 14.7. The Labute approximate surface area is 89.9 Å². The molecule has 76 valence electrons. The Kier molecular flexibility index (Phi) is 2.77. The van der Waals surface area contributed by atoms with Crippen molar-refractivity contribution in [1.82, 2.24) is 4.98 Å². The molecule has 2 atom stereocenters. The van der Waals surface area contributed by atoms with Gasteiger partial charge in [0, 0.05) is 29.4 Å². The van der Waals surface area contributed by atoms with E-state index in [0.717, 1.165) is 5.69 Å². The zero-order valence-electron chi connectivity index (χ0n) is 8.72. The molecule has 1 heterocycles. The monoisotopic (exact) mass is 198 g/mol. The van der Waals surface area contributed by atoms with E-state index in [9.17, 15) is 0 Å². The summed E-state index contributed by atoms with van der Waals surface area (Å²) >= 11 is 0. The Morgan fingerprint density at radius 2 is 2.20 bits per heavy atom. The third-order valence-electron chi connectivity index (χ3n) is 2.76. The topological polar surface area (TPSA) is 36.7 Å². The Morgan fingerprint density at radius 1 is 1.33 bits per heavy atom. The minimum Gasteiger partial charge on any atom is -0.305 e. The number of rotatable bonds is 2. The van der Waals surface area contributed by atoms with Crippen molar-refractivity contribution in [2.75, 3.05) is 0 Å². The number of hydrogen-bond acceptors (Lipinski definition) is 2. The predicted molar refractivity (Wildman–Crippen MR) is 62.1 cm³/mol. The normalized spacial score (nSPS) is 21.7. The van der Waals surface area contributed by atoms with Crippen LogP contribution in [0.1, 0.15) is 18.5 Å². The van der Waals surface area contributed by atoms with Crippen LogP contribution >= 0.6 is 0 Å². The second-order valence-corrected chi connectivity index (χ2v) is 3.77. The Bertz CT molecular complexity index is 404. The average molecular weight is 198 g/mol. The number of aromatic nitrogens is 1. The Hall–Kier alpha value is -1.70. The molecule has 0 spiro atoms. The van der Waals surface area contributed by atoms with Crippen LogP contribution in [0.4, 0.5) is 0 Å². The average Bonchev–Trinajstić information content (AvgIpc) is 2.30. The molecule has 1 aliphatic rings.